The fourth-order valence-corrected chi connectivity index (χ4v) is 2.70. The second-order valence-electron chi connectivity index (χ2n) is 7.75. The van der Waals surface area contributed by atoms with Crippen LogP contribution in [0.5, 0.6) is 0 Å². The smallest absolute Gasteiger partial charge is 0.408 e. The number of carboxylic acids is 1. The minimum absolute atomic E-state index is 0.189. The number of nitrogens with one attached hydrogen (secondary N) is 1. The molecule has 7 nitrogen and oxygen atoms in total. The van der Waals surface area contributed by atoms with Crippen LogP contribution >= 0.6 is 0 Å². The normalized spacial score (nSPS) is 17.5. The van der Waals surface area contributed by atoms with Crippen LogP contribution < -0.4 is 10.4 Å². The van der Waals surface area contributed by atoms with Crippen LogP contribution in [0.4, 0.5) is 4.79 Å². The maximum Gasteiger partial charge on any atom is 0.408 e. The zero-order chi connectivity index (χ0) is 18.5. The highest BCUT2D eigenvalue weighted by Crippen LogP contribution is 2.19. The van der Waals surface area contributed by atoms with Crippen molar-refractivity contribution in [3.05, 3.63) is 0 Å². The van der Waals surface area contributed by atoms with E-state index in [0.29, 0.717) is 32.4 Å². The summed E-state index contributed by atoms with van der Waals surface area (Å²) < 4.78 is 5.23. The summed E-state index contributed by atoms with van der Waals surface area (Å²) in [4.78, 5) is 37.2. The Morgan fingerprint density at radius 2 is 1.75 bits per heavy atom. The predicted molar refractivity (Wildman–Crippen MR) is 86.9 cm³/mol. The third kappa shape index (κ3) is 6.76. The minimum Gasteiger partial charge on any atom is -0.550 e. The summed E-state index contributed by atoms with van der Waals surface area (Å²) >= 11 is 0. The molecule has 2 amide bonds. The molecule has 0 saturated carbocycles. The molecule has 0 unspecified atom stereocenters. The molecule has 1 fully saturated rings. The molecule has 1 aliphatic rings. The summed E-state index contributed by atoms with van der Waals surface area (Å²) in [5.41, 5.74) is -0.637. The van der Waals surface area contributed by atoms with E-state index in [1.54, 1.807) is 25.7 Å². The number of likely N-dealkylation sites (tertiary alicyclic amines) is 1. The molecule has 7 heteroatoms. The van der Waals surface area contributed by atoms with E-state index in [0.717, 1.165) is 0 Å². The summed E-state index contributed by atoms with van der Waals surface area (Å²) in [6.45, 7) is 9.95. The summed E-state index contributed by atoms with van der Waals surface area (Å²) in [5.74, 6) is -1.54. The highest BCUT2D eigenvalue weighted by molar-refractivity contribution is 5.86. The Morgan fingerprint density at radius 3 is 2.17 bits per heavy atom. The predicted octanol–water partition coefficient (Wildman–Crippen LogP) is 0.914. The van der Waals surface area contributed by atoms with Gasteiger partial charge in [0.05, 0.1) is 0 Å². The number of piperidine rings is 1. The van der Waals surface area contributed by atoms with Crippen LogP contribution in [0, 0.1) is 11.8 Å². The Balaban J connectivity index is 2.68. The van der Waals surface area contributed by atoms with Gasteiger partial charge in [0, 0.05) is 25.0 Å². The number of rotatable bonds is 5. The first-order chi connectivity index (χ1) is 11.0. The van der Waals surface area contributed by atoms with Crippen LogP contribution in [0.15, 0.2) is 0 Å². The lowest BCUT2D eigenvalue weighted by atomic mass is 9.95. The molecule has 0 bridgehead atoms. The summed E-state index contributed by atoms with van der Waals surface area (Å²) in [5, 5.41) is 13.6. The molecule has 1 rings (SSSR count). The quantitative estimate of drug-likeness (QED) is 0.801. The van der Waals surface area contributed by atoms with Gasteiger partial charge in [-0.2, -0.15) is 0 Å². The summed E-state index contributed by atoms with van der Waals surface area (Å²) in [6.07, 6.45) is 0.647. The lowest BCUT2D eigenvalue weighted by Crippen LogP contribution is -2.53. The molecule has 0 aromatic carbocycles. The third-order valence-electron chi connectivity index (χ3n) is 3.84. The fraction of sp³-hybridized carbons (Fsp3) is 0.824. The van der Waals surface area contributed by atoms with Crippen molar-refractivity contribution in [1.82, 2.24) is 10.2 Å². The van der Waals surface area contributed by atoms with Crippen LogP contribution in [0.25, 0.3) is 0 Å². The number of hydrogen-bond donors (Lipinski definition) is 1. The van der Waals surface area contributed by atoms with Gasteiger partial charge in [-0.25, -0.2) is 4.79 Å². The van der Waals surface area contributed by atoms with Crippen molar-refractivity contribution >= 4 is 18.0 Å². The zero-order valence-electron chi connectivity index (χ0n) is 15.3. The largest absolute Gasteiger partial charge is 0.550 e. The lowest BCUT2D eigenvalue weighted by Gasteiger charge is -2.35. The average molecular weight is 341 g/mol. The van der Waals surface area contributed by atoms with Gasteiger partial charge < -0.3 is 24.9 Å². The number of alkyl carbamates (subject to hydrolysis) is 1. The number of carboxylic acid groups (broad SMARTS) is 1. The monoisotopic (exact) mass is 341 g/mol. The molecule has 0 radical (unpaired) electrons. The number of carbonyl (C=O) groups is 3. The number of ether oxygens (including phenoxy) is 1. The average Bonchev–Trinajstić information content (AvgIpc) is 2.43. The number of amides is 2. The topological polar surface area (TPSA) is 98.8 Å². The Bertz CT molecular complexity index is 462. The van der Waals surface area contributed by atoms with Crippen LogP contribution in [0.2, 0.25) is 0 Å². The van der Waals surface area contributed by atoms with Crippen molar-refractivity contribution in [2.24, 2.45) is 11.8 Å². The number of hydrogen-bond acceptors (Lipinski definition) is 5. The van der Waals surface area contributed by atoms with Gasteiger partial charge in [-0.3, -0.25) is 4.79 Å². The van der Waals surface area contributed by atoms with Crippen molar-refractivity contribution in [3.8, 4) is 0 Å². The molecular weight excluding hydrogens is 312 g/mol. The fourth-order valence-electron chi connectivity index (χ4n) is 2.70. The Morgan fingerprint density at radius 1 is 1.21 bits per heavy atom. The Labute approximate surface area is 143 Å². The van der Waals surface area contributed by atoms with E-state index in [4.69, 9.17) is 4.74 Å². The van der Waals surface area contributed by atoms with Gasteiger partial charge in [-0.15, -0.1) is 0 Å². The van der Waals surface area contributed by atoms with Crippen molar-refractivity contribution in [3.63, 3.8) is 0 Å². The van der Waals surface area contributed by atoms with Gasteiger partial charge in [0.25, 0.3) is 0 Å². The van der Waals surface area contributed by atoms with E-state index in [2.05, 4.69) is 5.32 Å². The molecule has 1 atom stereocenters. The van der Waals surface area contributed by atoms with E-state index >= 15 is 0 Å². The van der Waals surface area contributed by atoms with E-state index in [-0.39, 0.29) is 11.8 Å². The molecule has 0 aromatic heterocycles. The molecular formula is C17H29N2O5-. The molecule has 138 valence electrons. The third-order valence-corrected chi connectivity index (χ3v) is 3.84. The number of aliphatic carboxylic acids is 1. The van der Waals surface area contributed by atoms with Crippen molar-refractivity contribution in [2.45, 2.75) is 65.5 Å². The highest BCUT2D eigenvalue weighted by atomic mass is 16.6. The SMILES string of the molecule is CC(C)C[C@H](NC(=O)OC(C)(C)C)C(=O)N1CCC(C(=O)[O-])CC1. The summed E-state index contributed by atoms with van der Waals surface area (Å²) in [7, 11) is 0. The number of nitrogens with zero attached hydrogens (tertiary/aromatic N) is 1. The Hall–Kier alpha value is -1.79. The van der Waals surface area contributed by atoms with E-state index in [1.165, 1.54) is 0 Å². The van der Waals surface area contributed by atoms with Crippen LogP contribution in [-0.2, 0) is 14.3 Å². The highest BCUT2D eigenvalue weighted by Gasteiger charge is 2.31. The second-order valence-corrected chi connectivity index (χ2v) is 7.75. The van der Waals surface area contributed by atoms with Crippen LogP contribution in [-0.4, -0.2) is 47.6 Å². The first-order valence-electron chi connectivity index (χ1n) is 8.48. The van der Waals surface area contributed by atoms with Gasteiger partial charge in [0.2, 0.25) is 5.91 Å². The van der Waals surface area contributed by atoms with E-state index in [1.807, 2.05) is 13.8 Å². The van der Waals surface area contributed by atoms with Crippen molar-refractivity contribution < 1.29 is 24.2 Å². The van der Waals surface area contributed by atoms with Crippen molar-refractivity contribution in [2.75, 3.05) is 13.1 Å². The van der Waals surface area contributed by atoms with E-state index in [9.17, 15) is 19.5 Å². The molecule has 1 heterocycles. The molecule has 24 heavy (non-hydrogen) atoms. The maximum atomic E-state index is 12.7. The summed E-state index contributed by atoms with van der Waals surface area (Å²) in [6, 6.07) is -0.667. The molecule has 1 saturated heterocycles. The minimum atomic E-state index is -1.06. The van der Waals surface area contributed by atoms with Gasteiger partial charge in [-0.05, 0) is 46.0 Å². The molecule has 0 aromatic rings. The lowest BCUT2D eigenvalue weighted by molar-refractivity contribution is -0.312. The molecule has 1 N–H and O–H groups in total. The second kappa shape index (κ2) is 8.35. The zero-order valence-corrected chi connectivity index (χ0v) is 15.3. The van der Waals surface area contributed by atoms with Crippen molar-refractivity contribution in [1.29, 1.82) is 0 Å². The first kappa shape index (κ1) is 20.3. The molecule has 0 aliphatic carbocycles. The Kier molecular flexibility index (Phi) is 7.05. The van der Waals surface area contributed by atoms with E-state index < -0.39 is 29.6 Å². The first-order valence-corrected chi connectivity index (χ1v) is 8.48. The standard InChI is InChI=1S/C17H30N2O5/c1-11(2)10-13(18-16(23)24-17(3,4)5)14(20)19-8-6-12(7-9-19)15(21)22/h11-13H,6-10H2,1-5H3,(H,18,23)(H,21,22)/p-1/t13-/m0/s1. The van der Waals surface area contributed by atoms with Gasteiger partial charge in [-0.1, -0.05) is 13.8 Å². The molecule has 1 aliphatic heterocycles. The van der Waals surface area contributed by atoms with Crippen LogP contribution in [0.3, 0.4) is 0 Å². The number of carbonyl (C=O) groups excluding carboxylic acids is 3. The maximum absolute atomic E-state index is 12.7. The van der Waals surface area contributed by atoms with Gasteiger partial charge in [0.15, 0.2) is 0 Å². The molecule has 0 spiro atoms. The van der Waals surface area contributed by atoms with Crippen LogP contribution in [0.1, 0.15) is 53.9 Å². The van der Waals surface area contributed by atoms with Gasteiger partial charge in [0.1, 0.15) is 11.6 Å². The van der Waals surface area contributed by atoms with Gasteiger partial charge >= 0.3 is 6.09 Å².